The average molecular weight is 305 g/mol. The van der Waals surface area contributed by atoms with Gasteiger partial charge in [0, 0.05) is 15.8 Å². The van der Waals surface area contributed by atoms with Gasteiger partial charge >= 0.3 is 0 Å². The van der Waals surface area contributed by atoms with Crippen molar-refractivity contribution < 1.29 is 9.47 Å². The van der Waals surface area contributed by atoms with E-state index < -0.39 is 0 Å². The summed E-state index contributed by atoms with van der Waals surface area (Å²) < 4.78 is 10.5. The summed E-state index contributed by atoms with van der Waals surface area (Å²) in [5.74, 6) is 1.74. The Labute approximate surface area is 128 Å². The molecule has 2 rings (SSSR count). The van der Waals surface area contributed by atoms with Gasteiger partial charge in [-0.15, -0.1) is 11.3 Å². The minimum atomic E-state index is 0.340. The molecule has 1 aromatic carbocycles. The van der Waals surface area contributed by atoms with Crippen LogP contribution >= 0.6 is 11.3 Å². The quantitative estimate of drug-likeness (QED) is 0.658. The summed E-state index contributed by atoms with van der Waals surface area (Å²) in [6, 6.07) is 9.59. The first-order chi connectivity index (χ1) is 10.1. The average Bonchev–Trinajstić information content (AvgIpc) is 2.90. The van der Waals surface area contributed by atoms with Crippen molar-refractivity contribution in [2.75, 3.05) is 19.5 Å². The maximum atomic E-state index is 5.92. The van der Waals surface area contributed by atoms with Gasteiger partial charge in [-0.2, -0.15) is 0 Å². The van der Waals surface area contributed by atoms with E-state index in [2.05, 4.69) is 29.4 Å². The number of guanidine groups is 1. The Morgan fingerprint density at radius 1 is 1.24 bits per heavy atom. The highest BCUT2D eigenvalue weighted by atomic mass is 32.1. The fourth-order valence-electron chi connectivity index (χ4n) is 1.82. The van der Waals surface area contributed by atoms with Crippen LogP contribution in [0.4, 0.5) is 5.69 Å². The lowest BCUT2D eigenvalue weighted by molar-refractivity contribution is 0.405. The number of benzene rings is 1. The first-order valence-corrected chi connectivity index (χ1v) is 7.28. The second-order valence-corrected chi connectivity index (χ2v) is 5.78. The molecule has 0 bridgehead atoms. The van der Waals surface area contributed by atoms with Gasteiger partial charge in [-0.05, 0) is 31.2 Å². The van der Waals surface area contributed by atoms with E-state index in [-0.39, 0.29) is 0 Å². The summed E-state index contributed by atoms with van der Waals surface area (Å²) in [5.41, 5.74) is 6.65. The lowest BCUT2D eigenvalue weighted by Crippen LogP contribution is -2.22. The maximum Gasteiger partial charge on any atom is 0.193 e. The second-order valence-electron chi connectivity index (χ2n) is 4.41. The van der Waals surface area contributed by atoms with Crippen LogP contribution in [0.3, 0.4) is 0 Å². The van der Waals surface area contributed by atoms with Crippen molar-refractivity contribution in [1.29, 1.82) is 0 Å². The summed E-state index contributed by atoms with van der Waals surface area (Å²) in [4.78, 5) is 6.77. The smallest absolute Gasteiger partial charge is 0.193 e. The van der Waals surface area contributed by atoms with Crippen molar-refractivity contribution in [1.82, 2.24) is 0 Å². The Morgan fingerprint density at radius 2 is 2.05 bits per heavy atom. The molecule has 0 fully saturated rings. The van der Waals surface area contributed by atoms with Crippen LogP contribution in [-0.4, -0.2) is 20.2 Å². The highest BCUT2D eigenvalue weighted by Crippen LogP contribution is 2.28. The lowest BCUT2D eigenvalue weighted by Gasteiger charge is -2.12. The van der Waals surface area contributed by atoms with Gasteiger partial charge in [0.15, 0.2) is 5.96 Å². The van der Waals surface area contributed by atoms with Crippen molar-refractivity contribution >= 4 is 23.0 Å². The second kappa shape index (κ2) is 6.99. The molecule has 0 amide bonds. The fraction of sp³-hybridized carbons (Fsp3) is 0.267. The summed E-state index contributed by atoms with van der Waals surface area (Å²) in [6.07, 6.45) is 0. The fourth-order valence-corrected chi connectivity index (χ4v) is 2.64. The van der Waals surface area contributed by atoms with Gasteiger partial charge in [-0.3, -0.25) is 0 Å². The SMILES string of the molecule is COc1ccc(OC)c(NC(N)=NCc2ccc(C)s2)c1. The van der Waals surface area contributed by atoms with Gasteiger partial charge in [0.2, 0.25) is 0 Å². The number of ether oxygens (including phenoxy) is 2. The Bertz CT molecular complexity index is 638. The predicted octanol–water partition coefficient (Wildman–Crippen LogP) is 3.00. The van der Waals surface area contributed by atoms with Crippen LogP contribution in [0, 0.1) is 6.92 Å². The number of hydrogen-bond acceptors (Lipinski definition) is 4. The third kappa shape index (κ3) is 4.13. The minimum absolute atomic E-state index is 0.340. The first-order valence-electron chi connectivity index (χ1n) is 6.46. The number of nitrogens with one attached hydrogen (secondary N) is 1. The van der Waals surface area contributed by atoms with Crippen LogP contribution in [-0.2, 0) is 6.54 Å². The third-order valence-corrected chi connectivity index (χ3v) is 3.86. The van der Waals surface area contributed by atoms with Crippen molar-refractivity contribution in [2.24, 2.45) is 10.7 Å². The molecule has 0 atom stereocenters. The summed E-state index contributed by atoms with van der Waals surface area (Å²) in [7, 11) is 3.22. The number of thiophene rings is 1. The van der Waals surface area contributed by atoms with Gasteiger partial charge in [0.05, 0.1) is 26.5 Å². The van der Waals surface area contributed by atoms with E-state index in [0.29, 0.717) is 18.3 Å². The molecule has 21 heavy (non-hydrogen) atoms. The van der Waals surface area contributed by atoms with Crippen LogP contribution in [0.15, 0.2) is 35.3 Å². The van der Waals surface area contributed by atoms with Crippen LogP contribution in [0.5, 0.6) is 11.5 Å². The molecule has 0 aliphatic heterocycles. The van der Waals surface area contributed by atoms with Crippen LogP contribution < -0.4 is 20.5 Å². The Morgan fingerprint density at radius 3 is 2.67 bits per heavy atom. The molecular formula is C15H19N3O2S. The molecule has 0 saturated carbocycles. The van der Waals surface area contributed by atoms with Crippen LogP contribution in [0.2, 0.25) is 0 Å². The minimum Gasteiger partial charge on any atom is -0.497 e. The molecule has 0 saturated heterocycles. The number of rotatable bonds is 5. The summed E-state index contributed by atoms with van der Waals surface area (Å²) in [6.45, 7) is 2.63. The Balaban J connectivity index is 2.09. The highest BCUT2D eigenvalue weighted by Gasteiger charge is 2.06. The molecule has 0 spiro atoms. The van der Waals surface area contributed by atoms with Crippen molar-refractivity contribution in [3.63, 3.8) is 0 Å². The number of aliphatic imine (C=N–C) groups is 1. The van der Waals surface area contributed by atoms with Gasteiger partial charge in [0.25, 0.3) is 0 Å². The molecule has 5 nitrogen and oxygen atoms in total. The normalized spacial score (nSPS) is 11.3. The standard InChI is InChI=1S/C15H19N3O2S/c1-10-4-6-12(21-10)9-17-15(16)18-13-8-11(19-2)5-7-14(13)20-3/h4-8H,9H2,1-3H3,(H3,16,17,18). The van der Waals surface area contributed by atoms with E-state index in [1.54, 1.807) is 25.6 Å². The molecule has 0 aliphatic rings. The molecule has 0 radical (unpaired) electrons. The largest absolute Gasteiger partial charge is 0.497 e. The monoisotopic (exact) mass is 305 g/mol. The van der Waals surface area contributed by atoms with Gasteiger partial charge in [-0.25, -0.2) is 4.99 Å². The van der Waals surface area contributed by atoms with E-state index in [1.165, 1.54) is 9.75 Å². The van der Waals surface area contributed by atoms with Crippen molar-refractivity contribution in [3.8, 4) is 11.5 Å². The number of anilines is 1. The molecule has 112 valence electrons. The maximum absolute atomic E-state index is 5.92. The Kier molecular flexibility index (Phi) is 5.05. The molecule has 2 aromatic rings. The molecule has 1 heterocycles. The zero-order chi connectivity index (χ0) is 15.2. The van der Waals surface area contributed by atoms with Gasteiger partial charge in [0.1, 0.15) is 11.5 Å². The van der Waals surface area contributed by atoms with E-state index in [0.717, 1.165) is 11.4 Å². The van der Waals surface area contributed by atoms with E-state index in [4.69, 9.17) is 15.2 Å². The highest BCUT2D eigenvalue weighted by molar-refractivity contribution is 7.11. The van der Waals surface area contributed by atoms with Crippen molar-refractivity contribution in [3.05, 3.63) is 40.1 Å². The molecule has 0 aliphatic carbocycles. The zero-order valence-electron chi connectivity index (χ0n) is 12.3. The third-order valence-electron chi connectivity index (χ3n) is 2.87. The zero-order valence-corrected chi connectivity index (χ0v) is 13.2. The van der Waals surface area contributed by atoms with Gasteiger partial charge < -0.3 is 20.5 Å². The number of hydrogen-bond donors (Lipinski definition) is 2. The van der Waals surface area contributed by atoms with E-state index in [1.807, 2.05) is 18.2 Å². The molecular weight excluding hydrogens is 286 g/mol. The van der Waals surface area contributed by atoms with Crippen LogP contribution in [0.25, 0.3) is 0 Å². The molecule has 6 heteroatoms. The molecule has 1 aromatic heterocycles. The lowest BCUT2D eigenvalue weighted by atomic mass is 10.2. The van der Waals surface area contributed by atoms with E-state index in [9.17, 15) is 0 Å². The van der Waals surface area contributed by atoms with Crippen LogP contribution in [0.1, 0.15) is 9.75 Å². The Hall–Kier alpha value is -2.21. The predicted molar refractivity (Wildman–Crippen MR) is 87.6 cm³/mol. The number of aryl methyl sites for hydroxylation is 1. The number of nitrogens with zero attached hydrogens (tertiary/aromatic N) is 1. The number of nitrogens with two attached hydrogens (primary N) is 1. The summed E-state index contributed by atoms with van der Waals surface area (Å²) >= 11 is 1.71. The molecule has 0 unspecified atom stereocenters. The first kappa shape index (κ1) is 15.2. The summed E-state index contributed by atoms with van der Waals surface area (Å²) in [5, 5.41) is 3.04. The van der Waals surface area contributed by atoms with Gasteiger partial charge in [-0.1, -0.05) is 0 Å². The number of methoxy groups -OCH3 is 2. The molecule has 3 N–H and O–H groups in total. The van der Waals surface area contributed by atoms with Crippen molar-refractivity contribution in [2.45, 2.75) is 13.5 Å². The topological polar surface area (TPSA) is 68.9 Å². The van der Waals surface area contributed by atoms with E-state index >= 15 is 0 Å².